The van der Waals surface area contributed by atoms with E-state index in [1.807, 2.05) is 62.4 Å². The van der Waals surface area contributed by atoms with E-state index >= 15 is 0 Å². The fourth-order valence-electron chi connectivity index (χ4n) is 4.41. The van der Waals surface area contributed by atoms with Crippen molar-refractivity contribution in [2.24, 2.45) is 10.4 Å². The zero-order valence-electron chi connectivity index (χ0n) is 21.2. The molecule has 2 aromatic heterocycles. The van der Waals surface area contributed by atoms with Gasteiger partial charge in [-0.15, -0.1) is 11.3 Å². The Morgan fingerprint density at radius 3 is 2.70 bits per heavy atom. The van der Waals surface area contributed by atoms with E-state index in [4.69, 9.17) is 14.5 Å². The maximum Gasteiger partial charge on any atom is 0.189 e. The smallest absolute Gasteiger partial charge is 0.189 e. The lowest BCUT2D eigenvalue weighted by Gasteiger charge is -2.13. The van der Waals surface area contributed by atoms with Crippen LogP contribution in [0.5, 0.6) is 11.5 Å². The van der Waals surface area contributed by atoms with Crippen molar-refractivity contribution in [2.45, 2.75) is 34.1 Å². The molecule has 6 rings (SSSR count). The van der Waals surface area contributed by atoms with Crippen LogP contribution in [0, 0.1) is 19.3 Å². The van der Waals surface area contributed by atoms with Gasteiger partial charge in [0.05, 0.1) is 33.0 Å². The molecular formula is C29H27N5O2S. The van der Waals surface area contributed by atoms with Crippen LogP contribution in [0.25, 0.3) is 21.1 Å². The first kappa shape index (κ1) is 23.4. The molecule has 0 spiro atoms. The Kier molecular flexibility index (Phi) is 5.76. The number of hydrogen-bond donors (Lipinski definition) is 1. The van der Waals surface area contributed by atoms with E-state index < -0.39 is 0 Å². The Labute approximate surface area is 219 Å². The fraction of sp³-hybridized carbons (Fsp3) is 0.241. The Bertz CT molecular complexity index is 1670. The second-order valence-electron chi connectivity index (χ2n) is 10.1. The van der Waals surface area contributed by atoms with Crippen LogP contribution in [0.1, 0.15) is 30.8 Å². The summed E-state index contributed by atoms with van der Waals surface area (Å²) in [5.41, 5.74) is 4.66. The molecule has 5 aromatic rings. The van der Waals surface area contributed by atoms with Crippen LogP contribution in [0.15, 0.2) is 65.9 Å². The summed E-state index contributed by atoms with van der Waals surface area (Å²) < 4.78 is 13.1. The van der Waals surface area contributed by atoms with Crippen LogP contribution in [-0.2, 0) is 4.74 Å². The van der Waals surface area contributed by atoms with Gasteiger partial charge in [0.15, 0.2) is 5.90 Å². The highest BCUT2D eigenvalue weighted by atomic mass is 32.1. The Balaban J connectivity index is 1.24. The van der Waals surface area contributed by atoms with Crippen molar-refractivity contribution in [2.75, 3.05) is 11.9 Å². The molecule has 1 N–H and O–H groups in total. The zero-order valence-corrected chi connectivity index (χ0v) is 22.0. The highest BCUT2D eigenvalue weighted by molar-refractivity contribution is 7.18. The second kappa shape index (κ2) is 9.12. The van der Waals surface area contributed by atoms with Gasteiger partial charge in [-0.2, -0.15) is 0 Å². The molecule has 7 nitrogen and oxygen atoms in total. The van der Waals surface area contributed by atoms with Crippen molar-refractivity contribution < 1.29 is 9.47 Å². The normalized spacial score (nSPS) is 15.8. The monoisotopic (exact) mass is 509 g/mol. The summed E-state index contributed by atoms with van der Waals surface area (Å²) in [6.07, 6.45) is 2.39. The second-order valence-corrected chi connectivity index (χ2v) is 11.4. The lowest BCUT2D eigenvalue weighted by Crippen LogP contribution is -2.09. The van der Waals surface area contributed by atoms with Crippen molar-refractivity contribution in [3.05, 3.63) is 71.5 Å². The van der Waals surface area contributed by atoms with Gasteiger partial charge in [0.1, 0.15) is 23.6 Å². The standard InChI is InChI=1S/C29H27N5O2S/c1-17-11-19(6-9-25(17)36-21-7-10-26-24(13-21)32-18(2)37-26)34-28-22-12-20(5-8-23(22)30-16-31-28)33-27-14-29(3,4)15-35-27/h5-13,16H,14-15H2,1-4H3,(H,30,31,34). The molecule has 3 aromatic carbocycles. The molecular weight excluding hydrogens is 482 g/mol. The molecule has 0 aliphatic carbocycles. The Morgan fingerprint density at radius 1 is 1.00 bits per heavy atom. The van der Waals surface area contributed by atoms with Gasteiger partial charge < -0.3 is 14.8 Å². The molecule has 3 heterocycles. The minimum absolute atomic E-state index is 0.117. The molecule has 1 fully saturated rings. The molecule has 1 saturated heterocycles. The van der Waals surface area contributed by atoms with Crippen molar-refractivity contribution in [1.29, 1.82) is 0 Å². The SMILES string of the molecule is Cc1nc2cc(Oc3ccc(Nc4ncnc5ccc(N=C6CC(C)(C)CO6)cc45)cc3C)ccc2s1. The molecule has 0 saturated carbocycles. The van der Waals surface area contributed by atoms with Crippen molar-refractivity contribution in [3.8, 4) is 11.5 Å². The zero-order chi connectivity index (χ0) is 25.6. The predicted molar refractivity (Wildman–Crippen MR) is 150 cm³/mol. The molecule has 0 atom stereocenters. The first-order valence-electron chi connectivity index (χ1n) is 12.2. The third kappa shape index (κ3) is 4.97. The number of hydrogen-bond acceptors (Lipinski definition) is 8. The maximum absolute atomic E-state index is 6.18. The number of nitrogens with zero attached hydrogens (tertiary/aromatic N) is 4. The summed E-state index contributed by atoms with van der Waals surface area (Å²) >= 11 is 1.68. The summed E-state index contributed by atoms with van der Waals surface area (Å²) in [7, 11) is 0. The van der Waals surface area contributed by atoms with Gasteiger partial charge in [0.2, 0.25) is 0 Å². The largest absolute Gasteiger partial charge is 0.480 e. The van der Waals surface area contributed by atoms with Gasteiger partial charge in [0.25, 0.3) is 0 Å². The minimum atomic E-state index is 0.117. The Hall–Kier alpha value is -4.04. The average molecular weight is 510 g/mol. The van der Waals surface area contributed by atoms with E-state index in [0.29, 0.717) is 6.61 Å². The van der Waals surface area contributed by atoms with Crippen LogP contribution in [0.3, 0.4) is 0 Å². The molecule has 1 aliphatic rings. The van der Waals surface area contributed by atoms with Gasteiger partial charge >= 0.3 is 0 Å². The summed E-state index contributed by atoms with van der Waals surface area (Å²) in [4.78, 5) is 18.2. The third-order valence-corrected chi connectivity index (χ3v) is 7.22. The van der Waals surface area contributed by atoms with E-state index in [-0.39, 0.29) is 5.41 Å². The van der Waals surface area contributed by atoms with Crippen LogP contribution in [0.2, 0.25) is 0 Å². The highest BCUT2D eigenvalue weighted by Gasteiger charge is 2.29. The number of nitrogens with one attached hydrogen (secondary N) is 1. The summed E-state index contributed by atoms with van der Waals surface area (Å²) in [6, 6.07) is 17.9. The van der Waals surface area contributed by atoms with E-state index in [1.165, 1.54) is 0 Å². The van der Waals surface area contributed by atoms with Crippen LogP contribution < -0.4 is 10.1 Å². The molecule has 186 valence electrons. The Morgan fingerprint density at radius 2 is 1.89 bits per heavy atom. The highest BCUT2D eigenvalue weighted by Crippen LogP contribution is 2.34. The van der Waals surface area contributed by atoms with Crippen LogP contribution in [0.4, 0.5) is 17.2 Å². The number of benzene rings is 3. The molecule has 37 heavy (non-hydrogen) atoms. The van der Waals surface area contributed by atoms with E-state index in [0.717, 1.165) is 72.7 Å². The number of aliphatic imine (C=N–C) groups is 1. The lowest BCUT2D eigenvalue weighted by atomic mass is 9.93. The van der Waals surface area contributed by atoms with Crippen molar-refractivity contribution in [3.63, 3.8) is 0 Å². The maximum atomic E-state index is 6.18. The van der Waals surface area contributed by atoms with E-state index in [1.54, 1.807) is 17.7 Å². The number of aryl methyl sites for hydroxylation is 2. The van der Waals surface area contributed by atoms with Crippen molar-refractivity contribution in [1.82, 2.24) is 15.0 Å². The fourth-order valence-corrected chi connectivity index (χ4v) is 5.22. The average Bonchev–Trinajstić information content (AvgIpc) is 3.40. The number of fused-ring (bicyclic) bond motifs is 2. The molecule has 0 radical (unpaired) electrons. The van der Waals surface area contributed by atoms with Gasteiger partial charge in [-0.05, 0) is 67.9 Å². The molecule has 0 unspecified atom stereocenters. The van der Waals surface area contributed by atoms with Gasteiger partial charge in [-0.3, -0.25) is 0 Å². The van der Waals surface area contributed by atoms with Gasteiger partial charge in [-0.1, -0.05) is 13.8 Å². The topological polar surface area (TPSA) is 81.5 Å². The quantitative estimate of drug-likeness (QED) is 0.260. The van der Waals surface area contributed by atoms with Crippen LogP contribution in [-0.4, -0.2) is 27.5 Å². The number of rotatable bonds is 5. The van der Waals surface area contributed by atoms with E-state index in [9.17, 15) is 0 Å². The number of aromatic nitrogens is 3. The third-order valence-electron chi connectivity index (χ3n) is 6.26. The minimum Gasteiger partial charge on any atom is -0.480 e. The van der Waals surface area contributed by atoms with E-state index in [2.05, 4.69) is 40.2 Å². The van der Waals surface area contributed by atoms with Gasteiger partial charge in [-0.25, -0.2) is 19.9 Å². The number of ether oxygens (including phenoxy) is 2. The predicted octanol–water partition coefficient (Wildman–Crippen LogP) is 7.87. The number of thiazole rings is 1. The van der Waals surface area contributed by atoms with Gasteiger partial charge in [0, 0.05) is 29.0 Å². The van der Waals surface area contributed by atoms with Crippen LogP contribution >= 0.6 is 11.3 Å². The molecule has 0 bridgehead atoms. The molecule has 8 heteroatoms. The first-order valence-corrected chi connectivity index (χ1v) is 13.0. The summed E-state index contributed by atoms with van der Waals surface area (Å²) in [6.45, 7) is 9.10. The van der Waals surface area contributed by atoms with Crippen molar-refractivity contribution >= 4 is 55.5 Å². The summed E-state index contributed by atoms with van der Waals surface area (Å²) in [5, 5.41) is 5.39. The lowest BCUT2D eigenvalue weighted by molar-refractivity contribution is 0.242. The first-order chi connectivity index (χ1) is 17.8. The molecule has 0 amide bonds. The number of anilines is 2. The summed E-state index contributed by atoms with van der Waals surface area (Å²) in [5.74, 6) is 3.05. The molecule has 1 aliphatic heterocycles.